The summed E-state index contributed by atoms with van der Waals surface area (Å²) in [7, 11) is 0. The molecule has 3 N–H and O–H groups in total. The van der Waals surface area contributed by atoms with Crippen molar-refractivity contribution >= 4 is 28.3 Å². The summed E-state index contributed by atoms with van der Waals surface area (Å²) in [6.45, 7) is -0.196. The molecule has 0 saturated carbocycles. The van der Waals surface area contributed by atoms with Gasteiger partial charge in [0.05, 0.1) is 13.0 Å². The molecule has 0 aliphatic carbocycles. The Morgan fingerprint density at radius 1 is 0.960 bits per heavy atom. The monoisotopic (exact) mass is 335 g/mol. The molecular formula is C19H17N3O3. The molecule has 0 spiro atoms. The van der Waals surface area contributed by atoms with Gasteiger partial charge in [-0.15, -0.1) is 0 Å². The SMILES string of the molecule is O=C(Cc1cccc2ccccc12)NCC(=O)Nc1c[nH]ccc1=O. The number of hydrogen-bond acceptors (Lipinski definition) is 3. The Kier molecular flexibility index (Phi) is 4.89. The van der Waals surface area contributed by atoms with Gasteiger partial charge in [0.15, 0.2) is 0 Å². The molecule has 0 bridgehead atoms. The molecular weight excluding hydrogens is 318 g/mol. The number of aromatic nitrogens is 1. The van der Waals surface area contributed by atoms with Crippen molar-refractivity contribution in [3.8, 4) is 0 Å². The lowest BCUT2D eigenvalue weighted by Crippen LogP contribution is -2.34. The van der Waals surface area contributed by atoms with E-state index >= 15 is 0 Å². The predicted octanol–water partition coefficient (Wildman–Crippen LogP) is 1.83. The van der Waals surface area contributed by atoms with E-state index in [1.165, 1.54) is 18.5 Å². The number of pyridine rings is 1. The smallest absolute Gasteiger partial charge is 0.243 e. The van der Waals surface area contributed by atoms with Crippen molar-refractivity contribution in [3.05, 3.63) is 76.7 Å². The summed E-state index contributed by atoms with van der Waals surface area (Å²) in [6.07, 6.45) is 3.06. The molecule has 0 unspecified atom stereocenters. The number of amides is 2. The highest BCUT2D eigenvalue weighted by molar-refractivity contribution is 5.95. The summed E-state index contributed by atoms with van der Waals surface area (Å²) in [5.41, 5.74) is 0.750. The zero-order valence-corrected chi connectivity index (χ0v) is 13.4. The van der Waals surface area contributed by atoms with Gasteiger partial charge in [-0.2, -0.15) is 0 Å². The number of aromatic amines is 1. The predicted molar refractivity (Wildman–Crippen MR) is 96.4 cm³/mol. The second-order valence-electron chi connectivity index (χ2n) is 5.56. The summed E-state index contributed by atoms with van der Waals surface area (Å²) in [6, 6.07) is 14.9. The third-order valence-electron chi connectivity index (χ3n) is 3.78. The van der Waals surface area contributed by atoms with Gasteiger partial charge >= 0.3 is 0 Å². The van der Waals surface area contributed by atoms with Crippen LogP contribution < -0.4 is 16.1 Å². The molecule has 126 valence electrons. The molecule has 3 aromatic rings. The van der Waals surface area contributed by atoms with Crippen molar-refractivity contribution in [2.45, 2.75) is 6.42 Å². The number of hydrogen-bond donors (Lipinski definition) is 3. The minimum absolute atomic E-state index is 0.149. The second-order valence-corrected chi connectivity index (χ2v) is 5.56. The maximum absolute atomic E-state index is 12.1. The van der Waals surface area contributed by atoms with Gasteiger partial charge in [-0.3, -0.25) is 14.4 Å². The molecule has 25 heavy (non-hydrogen) atoms. The highest BCUT2D eigenvalue weighted by Crippen LogP contribution is 2.18. The van der Waals surface area contributed by atoms with Gasteiger partial charge in [-0.25, -0.2) is 0 Å². The first-order valence-corrected chi connectivity index (χ1v) is 7.84. The van der Waals surface area contributed by atoms with Crippen LogP contribution >= 0.6 is 0 Å². The van der Waals surface area contributed by atoms with Crippen LogP contribution in [0, 0.1) is 0 Å². The molecule has 0 fully saturated rings. The van der Waals surface area contributed by atoms with Gasteiger partial charge in [0.1, 0.15) is 5.69 Å². The molecule has 6 nitrogen and oxygen atoms in total. The van der Waals surface area contributed by atoms with Crippen LogP contribution in [-0.4, -0.2) is 23.3 Å². The highest BCUT2D eigenvalue weighted by atomic mass is 16.2. The second kappa shape index (κ2) is 7.44. The van der Waals surface area contributed by atoms with E-state index in [0.29, 0.717) is 0 Å². The van der Waals surface area contributed by atoms with Crippen molar-refractivity contribution in [2.24, 2.45) is 0 Å². The van der Waals surface area contributed by atoms with Gasteiger partial charge in [0, 0.05) is 18.5 Å². The number of carbonyl (C=O) groups is 2. The number of anilines is 1. The third-order valence-corrected chi connectivity index (χ3v) is 3.78. The van der Waals surface area contributed by atoms with E-state index in [1.807, 2.05) is 42.5 Å². The minimum Gasteiger partial charge on any atom is -0.366 e. The summed E-state index contributed by atoms with van der Waals surface area (Å²) in [5.74, 6) is -0.712. The Morgan fingerprint density at radius 2 is 1.76 bits per heavy atom. The minimum atomic E-state index is -0.456. The number of rotatable bonds is 5. The van der Waals surface area contributed by atoms with E-state index in [1.54, 1.807) is 0 Å². The van der Waals surface area contributed by atoms with Crippen LogP contribution in [0.5, 0.6) is 0 Å². The number of H-pyrrole nitrogens is 1. The van der Waals surface area contributed by atoms with Crippen LogP contribution in [0.1, 0.15) is 5.56 Å². The number of fused-ring (bicyclic) bond motifs is 1. The number of benzene rings is 2. The molecule has 3 rings (SSSR count). The maximum Gasteiger partial charge on any atom is 0.243 e. The lowest BCUT2D eigenvalue weighted by molar-refractivity contribution is -0.123. The Bertz CT molecular complexity index is 973. The van der Waals surface area contributed by atoms with Crippen molar-refractivity contribution in [3.63, 3.8) is 0 Å². The fourth-order valence-electron chi connectivity index (χ4n) is 2.57. The van der Waals surface area contributed by atoms with Crippen LogP contribution in [0.25, 0.3) is 10.8 Å². The van der Waals surface area contributed by atoms with Gasteiger partial charge < -0.3 is 15.6 Å². The largest absolute Gasteiger partial charge is 0.366 e. The normalized spacial score (nSPS) is 10.4. The molecule has 0 saturated heterocycles. The van der Waals surface area contributed by atoms with Crippen LogP contribution in [-0.2, 0) is 16.0 Å². The molecule has 0 radical (unpaired) electrons. The number of nitrogens with one attached hydrogen (secondary N) is 3. The molecule has 2 aromatic carbocycles. The van der Waals surface area contributed by atoms with Gasteiger partial charge in [-0.1, -0.05) is 42.5 Å². The number of carbonyl (C=O) groups excluding carboxylic acids is 2. The lowest BCUT2D eigenvalue weighted by atomic mass is 10.0. The molecule has 1 aromatic heterocycles. The zero-order valence-electron chi connectivity index (χ0n) is 13.4. The average molecular weight is 335 g/mol. The van der Waals surface area contributed by atoms with Gasteiger partial charge in [-0.05, 0) is 16.3 Å². The van der Waals surface area contributed by atoms with Gasteiger partial charge in [0.25, 0.3) is 0 Å². The molecule has 6 heteroatoms. The summed E-state index contributed by atoms with van der Waals surface area (Å²) < 4.78 is 0. The van der Waals surface area contributed by atoms with Crippen LogP contribution in [0.3, 0.4) is 0 Å². The molecule has 0 aliphatic rings. The zero-order chi connectivity index (χ0) is 17.6. The van der Waals surface area contributed by atoms with E-state index in [4.69, 9.17) is 0 Å². The van der Waals surface area contributed by atoms with E-state index < -0.39 is 5.91 Å². The van der Waals surface area contributed by atoms with E-state index in [-0.39, 0.29) is 30.0 Å². The molecule has 2 amide bonds. The Labute approximate surface area is 143 Å². The Morgan fingerprint density at radius 3 is 2.60 bits per heavy atom. The third kappa shape index (κ3) is 4.11. The first kappa shape index (κ1) is 16.4. The van der Waals surface area contributed by atoms with Crippen molar-refractivity contribution in [2.75, 3.05) is 11.9 Å². The maximum atomic E-state index is 12.1. The van der Waals surface area contributed by atoms with Crippen LogP contribution in [0.4, 0.5) is 5.69 Å². The van der Waals surface area contributed by atoms with Crippen molar-refractivity contribution < 1.29 is 9.59 Å². The molecule has 0 aliphatic heterocycles. The van der Waals surface area contributed by atoms with Gasteiger partial charge in [0.2, 0.25) is 17.2 Å². The first-order chi connectivity index (χ1) is 12.1. The van der Waals surface area contributed by atoms with E-state index in [2.05, 4.69) is 15.6 Å². The summed E-state index contributed by atoms with van der Waals surface area (Å²) in [5, 5.41) is 7.11. The quantitative estimate of drug-likeness (QED) is 0.664. The van der Waals surface area contributed by atoms with Crippen LogP contribution in [0.15, 0.2) is 65.7 Å². The van der Waals surface area contributed by atoms with Crippen LogP contribution in [0.2, 0.25) is 0 Å². The summed E-state index contributed by atoms with van der Waals surface area (Å²) >= 11 is 0. The summed E-state index contributed by atoms with van der Waals surface area (Å²) in [4.78, 5) is 38.2. The fraction of sp³-hybridized carbons (Fsp3) is 0.105. The van der Waals surface area contributed by atoms with E-state index in [0.717, 1.165) is 16.3 Å². The van der Waals surface area contributed by atoms with Crippen molar-refractivity contribution in [1.82, 2.24) is 10.3 Å². The lowest BCUT2D eigenvalue weighted by Gasteiger charge is -2.08. The topological polar surface area (TPSA) is 91.1 Å². The fourth-order valence-corrected chi connectivity index (χ4v) is 2.57. The first-order valence-electron chi connectivity index (χ1n) is 7.84. The Hall–Kier alpha value is -3.41. The van der Waals surface area contributed by atoms with E-state index in [9.17, 15) is 14.4 Å². The molecule has 0 atom stereocenters. The molecule has 1 heterocycles. The van der Waals surface area contributed by atoms with Crippen molar-refractivity contribution in [1.29, 1.82) is 0 Å². The standard InChI is InChI=1S/C19H17N3O3/c23-17-8-9-20-11-16(17)22-19(25)12-21-18(24)10-14-6-3-5-13-4-1-2-7-15(13)14/h1-9,11H,10,12H2,(H,20,23)(H,21,24)(H,22,25). The Balaban J connectivity index is 1.58. The highest BCUT2D eigenvalue weighted by Gasteiger charge is 2.10. The average Bonchev–Trinajstić information content (AvgIpc) is 2.62.